The second-order valence-corrected chi connectivity index (χ2v) is 7.90. The SMILES string of the molecule is Cc1cc(-c2cnc3c(NCC4CCOCC4)cc(Br)nn23)ccc1C(N)=O. The third-order valence-corrected chi connectivity index (χ3v) is 5.54. The van der Waals surface area contributed by atoms with Crippen LogP contribution in [0.5, 0.6) is 0 Å². The molecule has 1 aliphatic rings. The molecule has 0 unspecified atom stereocenters. The van der Waals surface area contributed by atoms with Crippen molar-refractivity contribution in [1.29, 1.82) is 0 Å². The molecule has 0 saturated carbocycles. The number of primary amides is 1. The molecule has 1 amide bonds. The van der Waals surface area contributed by atoms with Gasteiger partial charge in [0.25, 0.3) is 0 Å². The minimum absolute atomic E-state index is 0.428. The first-order valence-corrected chi connectivity index (χ1v) is 10.1. The lowest BCUT2D eigenvalue weighted by Crippen LogP contribution is -2.22. The first-order valence-electron chi connectivity index (χ1n) is 9.29. The maximum absolute atomic E-state index is 11.5. The number of nitrogens with one attached hydrogen (secondary N) is 1. The fourth-order valence-corrected chi connectivity index (χ4v) is 3.96. The van der Waals surface area contributed by atoms with Crippen molar-refractivity contribution in [1.82, 2.24) is 14.6 Å². The number of fused-ring (bicyclic) bond motifs is 1. The summed E-state index contributed by atoms with van der Waals surface area (Å²) in [6.07, 6.45) is 3.94. The van der Waals surface area contributed by atoms with Crippen LogP contribution in [0.1, 0.15) is 28.8 Å². The number of nitrogens with zero attached hydrogens (tertiary/aromatic N) is 3. The van der Waals surface area contributed by atoms with Crippen LogP contribution >= 0.6 is 15.9 Å². The van der Waals surface area contributed by atoms with Crippen molar-refractivity contribution in [2.45, 2.75) is 19.8 Å². The maximum atomic E-state index is 11.5. The predicted octanol–water partition coefficient (Wildman–Crippen LogP) is 3.40. The minimum atomic E-state index is -0.428. The lowest BCUT2D eigenvalue weighted by Gasteiger charge is -2.22. The molecule has 146 valence electrons. The number of ether oxygens (including phenoxy) is 1. The predicted molar refractivity (Wildman–Crippen MR) is 111 cm³/mol. The minimum Gasteiger partial charge on any atom is -0.382 e. The fraction of sp³-hybridized carbons (Fsp3) is 0.350. The average Bonchev–Trinajstić information content (AvgIpc) is 3.10. The molecule has 28 heavy (non-hydrogen) atoms. The van der Waals surface area contributed by atoms with Gasteiger partial charge in [-0.15, -0.1) is 0 Å². The molecule has 1 aromatic carbocycles. The van der Waals surface area contributed by atoms with E-state index in [2.05, 4.69) is 31.3 Å². The van der Waals surface area contributed by atoms with E-state index in [-0.39, 0.29) is 0 Å². The number of aromatic nitrogens is 3. The number of imidazole rings is 1. The number of nitrogens with two attached hydrogens (primary N) is 1. The lowest BCUT2D eigenvalue weighted by molar-refractivity contribution is 0.0699. The van der Waals surface area contributed by atoms with Gasteiger partial charge in [-0.3, -0.25) is 4.79 Å². The second-order valence-electron chi connectivity index (χ2n) is 7.09. The number of hydrogen-bond acceptors (Lipinski definition) is 5. The normalized spacial score (nSPS) is 15.1. The Morgan fingerprint density at radius 1 is 1.36 bits per heavy atom. The Bertz CT molecular complexity index is 1030. The van der Waals surface area contributed by atoms with Crippen molar-refractivity contribution >= 4 is 33.2 Å². The van der Waals surface area contributed by atoms with Gasteiger partial charge in [-0.2, -0.15) is 5.10 Å². The third-order valence-electron chi connectivity index (χ3n) is 5.15. The van der Waals surface area contributed by atoms with Gasteiger partial charge in [-0.05, 0) is 65.4 Å². The molecule has 3 heterocycles. The fourth-order valence-electron chi connectivity index (χ4n) is 3.57. The Balaban J connectivity index is 1.67. The van der Waals surface area contributed by atoms with Gasteiger partial charge >= 0.3 is 0 Å². The van der Waals surface area contributed by atoms with Crippen LogP contribution in [0.2, 0.25) is 0 Å². The van der Waals surface area contributed by atoms with Gasteiger partial charge in [-0.25, -0.2) is 9.50 Å². The highest BCUT2D eigenvalue weighted by Gasteiger charge is 2.17. The van der Waals surface area contributed by atoms with Crippen LogP contribution in [-0.2, 0) is 4.74 Å². The molecule has 0 spiro atoms. The summed E-state index contributed by atoms with van der Waals surface area (Å²) in [5.74, 6) is 0.168. The van der Waals surface area contributed by atoms with E-state index in [0.29, 0.717) is 11.5 Å². The number of halogens is 1. The zero-order chi connectivity index (χ0) is 19.7. The highest BCUT2D eigenvalue weighted by Crippen LogP contribution is 2.28. The molecule has 0 radical (unpaired) electrons. The molecule has 1 saturated heterocycles. The van der Waals surface area contributed by atoms with Crippen molar-refractivity contribution in [3.05, 3.63) is 46.2 Å². The Labute approximate surface area is 171 Å². The molecule has 4 rings (SSSR count). The third kappa shape index (κ3) is 3.74. The second kappa shape index (κ2) is 7.89. The van der Waals surface area contributed by atoms with E-state index in [0.717, 1.165) is 65.4 Å². The topological polar surface area (TPSA) is 94.5 Å². The van der Waals surface area contributed by atoms with Gasteiger partial charge in [0.15, 0.2) is 5.65 Å². The van der Waals surface area contributed by atoms with E-state index in [1.165, 1.54) is 0 Å². The first-order chi connectivity index (χ1) is 13.5. The Kier molecular flexibility index (Phi) is 5.32. The highest BCUT2D eigenvalue weighted by atomic mass is 79.9. The van der Waals surface area contributed by atoms with Crippen LogP contribution in [0.25, 0.3) is 16.9 Å². The number of carbonyl (C=O) groups excluding carboxylic acids is 1. The van der Waals surface area contributed by atoms with Crippen LogP contribution in [0.15, 0.2) is 35.1 Å². The molecular weight excluding hydrogens is 422 g/mol. The van der Waals surface area contributed by atoms with Crippen molar-refractivity contribution in [3.8, 4) is 11.3 Å². The molecule has 1 fully saturated rings. The quantitative estimate of drug-likeness (QED) is 0.629. The van der Waals surface area contributed by atoms with Gasteiger partial charge in [0, 0.05) is 30.9 Å². The number of carbonyl (C=O) groups is 1. The smallest absolute Gasteiger partial charge is 0.248 e. The van der Waals surface area contributed by atoms with E-state index in [1.54, 1.807) is 12.3 Å². The number of hydrogen-bond donors (Lipinski definition) is 2. The van der Waals surface area contributed by atoms with E-state index >= 15 is 0 Å². The molecule has 7 nitrogen and oxygen atoms in total. The summed E-state index contributed by atoms with van der Waals surface area (Å²) in [6, 6.07) is 7.50. The zero-order valence-corrected chi connectivity index (χ0v) is 17.2. The summed E-state index contributed by atoms with van der Waals surface area (Å²) in [6.45, 7) is 4.41. The molecule has 1 aliphatic heterocycles. The summed E-state index contributed by atoms with van der Waals surface area (Å²) in [4.78, 5) is 16.1. The molecule has 3 N–H and O–H groups in total. The van der Waals surface area contributed by atoms with Crippen molar-refractivity contribution in [3.63, 3.8) is 0 Å². The summed E-state index contributed by atoms with van der Waals surface area (Å²) in [5, 5.41) is 8.10. The highest BCUT2D eigenvalue weighted by molar-refractivity contribution is 9.10. The maximum Gasteiger partial charge on any atom is 0.248 e. The molecule has 0 aliphatic carbocycles. The van der Waals surface area contributed by atoms with Gasteiger partial charge in [0.05, 0.1) is 17.6 Å². The van der Waals surface area contributed by atoms with Gasteiger partial charge in [0.2, 0.25) is 5.91 Å². The van der Waals surface area contributed by atoms with E-state index < -0.39 is 5.91 Å². The molecule has 0 atom stereocenters. The van der Waals surface area contributed by atoms with Crippen LogP contribution in [-0.4, -0.2) is 40.3 Å². The number of anilines is 1. The Hall–Kier alpha value is -2.45. The van der Waals surface area contributed by atoms with Crippen molar-refractivity contribution in [2.24, 2.45) is 11.7 Å². The molecule has 0 bridgehead atoms. The van der Waals surface area contributed by atoms with E-state index in [9.17, 15) is 4.79 Å². The summed E-state index contributed by atoms with van der Waals surface area (Å²) in [5.41, 5.74) is 10.2. The number of rotatable bonds is 5. The number of benzene rings is 1. The summed E-state index contributed by atoms with van der Waals surface area (Å²) < 4.78 is 7.97. The summed E-state index contributed by atoms with van der Waals surface area (Å²) in [7, 11) is 0. The molecule has 8 heteroatoms. The van der Waals surface area contributed by atoms with Crippen LogP contribution in [0, 0.1) is 12.8 Å². The van der Waals surface area contributed by atoms with Gasteiger partial charge < -0.3 is 15.8 Å². The molecule has 3 aromatic rings. The van der Waals surface area contributed by atoms with Crippen molar-refractivity contribution in [2.75, 3.05) is 25.1 Å². The van der Waals surface area contributed by atoms with Gasteiger partial charge in [-0.1, -0.05) is 6.07 Å². The van der Waals surface area contributed by atoms with Crippen LogP contribution in [0.3, 0.4) is 0 Å². The van der Waals surface area contributed by atoms with E-state index in [4.69, 9.17) is 10.5 Å². The lowest BCUT2D eigenvalue weighted by atomic mass is 10.0. The van der Waals surface area contributed by atoms with Crippen LogP contribution < -0.4 is 11.1 Å². The van der Waals surface area contributed by atoms with Gasteiger partial charge in [0.1, 0.15) is 4.60 Å². The summed E-state index contributed by atoms with van der Waals surface area (Å²) >= 11 is 3.50. The Morgan fingerprint density at radius 3 is 2.86 bits per heavy atom. The Morgan fingerprint density at radius 2 is 2.14 bits per heavy atom. The van der Waals surface area contributed by atoms with Crippen molar-refractivity contribution < 1.29 is 9.53 Å². The standard InChI is InChI=1S/C20H22BrN5O2/c1-12-8-14(2-3-15(12)19(22)27)17-11-24-20-16(9-18(21)25-26(17)20)23-10-13-4-6-28-7-5-13/h2-3,8-9,11,13,23H,4-7,10H2,1H3,(H2,22,27). The average molecular weight is 444 g/mol. The zero-order valence-electron chi connectivity index (χ0n) is 15.6. The van der Waals surface area contributed by atoms with E-state index in [1.807, 2.05) is 29.6 Å². The molecule has 2 aromatic heterocycles. The van der Waals surface area contributed by atoms with Crippen LogP contribution in [0.4, 0.5) is 5.69 Å². The first kappa shape index (κ1) is 18.9. The monoisotopic (exact) mass is 443 g/mol. The number of amides is 1. The molecular formula is C20H22BrN5O2. The largest absolute Gasteiger partial charge is 0.382 e. The number of aryl methyl sites for hydroxylation is 1.